The van der Waals surface area contributed by atoms with Crippen LogP contribution in [-0.2, 0) is 12.8 Å². The largest absolute Gasteiger partial charge is 0.391 e. The molecule has 1 aromatic heterocycles. The molecule has 0 aromatic carbocycles. The molecule has 20 heavy (non-hydrogen) atoms. The molecule has 0 saturated carbocycles. The Morgan fingerprint density at radius 2 is 2.10 bits per heavy atom. The summed E-state index contributed by atoms with van der Waals surface area (Å²) in [4.78, 5) is 14.3. The molecular formula is C16H25NO2S. The van der Waals surface area contributed by atoms with Crippen molar-refractivity contribution in [3.05, 3.63) is 21.4 Å². The van der Waals surface area contributed by atoms with E-state index in [-0.39, 0.29) is 5.91 Å². The smallest absolute Gasteiger partial charge is 0.261 e. The van der Waals surface area contributed by atoms with Gasteiger partial charge in [-0.1, -0.05) is 20.3 Å². The maximum atomic E-state index is 12.1. The summed E-state index contributed by atoms with van der Waals surface area (Å²) in [5.41, 5.74) is 1.36. The molecule has 0 aliphatic heterocycles. The lowest BCUT2D eigenvalue weighted by Crippen LogP contribution is -2.32. The van der Waals surface area contributed by atoms with Gasteiger partial charge in [0.25, 0.3) is 5.91 Å². The monoisotopic (exact) mass is 295 g/mol. The normalized spacial score (nSPS) is 16.6. The molecule has 4 heteroatoms. The summed E-state index contributed by atoms with van der Waals surface area (Å²) in [6.45, 7) is 4.49. The SMILES string of the molecule is CC(C)CC(O)CNC(=O)c1cc2c(s1)CCCCC2. The lowest BCUT2D eigenvalue weighted by molar-refractivity contribution is 0.0904. The van der Waals surface area contributed by atoms with Crippen molar-refractivity contribution in [1.82, 2.24) is 5.32 Å². The summed E-state index contributed by atoms with van der Waals surface area (Å²) >= 11 is 1.63. The van der Waals surface area contributed by atoms with E-state index in [9.17, 15) is 9.90 Å². The van der Waals surface area contributed by atoms with Gasteiger partial charge < -0.3 is 10.4 Å². The second kappa shape index (κ2) is 7.23. The Morgan fingerprint density at radius 3 is 2.85 bits per heavy atom. The Bertz CT molecular complexity index is 430. The minimum Gasteiger partial charge on any atom is -0.391 e. The maximum Gasteiger partial charge on any atom is 0.261 e. The maximum absolute atomic E-state index is 12.1. The molecule has 0 spiro atoms. The Morgan fingerprint density at radius 1 is 1.35 bits per heavy atom. The number of amides is 1. The van der Waals surface area contributed by atoms with E-state index >= 15 is 0 Å². The number of hydrogen-bond donors (Lipinski definition) is 2. The number of nitrogens with one attached hydrogen (secondary N) is 1. The van der Waals surface area contributed by atoms with Crippen LogP contribution in [0.4, 0.5) is 0 Å². The highest BCUT2D eigenvalue weighted by atomic mass is 32.1. The Hall–Kier alpha value is -0.870. The first-order valence-electron chi connectivity index (χ1n) is 7.64. The van der Waals surface area contributed by atoms with Gasteiger partial charge in [0.05, 0.1) is 11.0 Å². The number of thiophene rings is 1. The van der Waals surface area contributed by atoms with Gasteiger partial charge in [-0.05, 0) is 49.7 Å². The van der Waals surface area contributed by atoms with Gasteiger partial charge >= 0.3 is 0 Å². The molecule has 1 atom stereocenters. The van der Waals surface area contributed by atoms with Crippen LogP contribution < -0.4 is 5.32 Å². The molecule has 1 amide bonds. The van der Waals surface area contributed by atoms with Crippen molar-refractivity contribution in [2.24, 2.45) is 5.92 Å². The number of aryl methyl sites for hydroxylation is 2. The molecule has 3 nitrogen and oxygen atoms in total. The number of carbonyl (C=O) groups is 1. The van der Waals surface area contributed by atoms with Crippen LogP contribution in [0.15, 0.2) is 6.07 Å². The highest BCUT2D eigenvalue weighted by Gasteiger charge is 2.17. The molecule has 1 heterocycles. The van der Waals surface area contributed by atoms with Crippen LogP contribution in [0.2, 0.25) is 0 Å². The predicted molar refractivity (Wildman–Crippen MR) is 83.4 cm³/mol. The van der Waals surface area contributed by atoms with E-state index in [1.807, 2.05) is 0 Å². The van der Waals surface area contributed by atoms with Crippen LogP contribution in [0.3, 0.4) is 0 Å². The summed E-state index contributed by atoms with van der Waals surface area (Å²) in [5, 5.41) is 12.7. The zero-order valence-corrected chi connectivity index (χ0v) is 13.3. The van der Waals surface area contributed by atoms with Crippen molar-refractivity contribution in [3.8, 4) is 0 Å². The molecule has 1 aromatic rings. The Kier molecular flexibility index (Phi) is 5.61. The van der Waals surface area contributed by atoms with Gasteiger partial charge in [0.15, 0.2) is 0 Å². The van der Waals surface area contributed by atoms with Crippen molar-refractivity contribution in [3.63, 3.8) is 0 Å². The average molecular weight is 295 g/mol. The van der Waals surface area contributed by atoms with E-state index in [0.717, 1.165) is 24.1 Å². The fourth-order valence-electron chi connectivity index (χ4n) is 2.70. The summed E-state index contributed by atoms with van der Waals surface area (Å²) < 4.78 is 0. The molecular weight excluding hydrogens is 270 g/mol. The first-order chi connectivity index (χ1) is 9.56. The topological polar surface area (TPSA) is 49.3 Å². The molecule has 1 aliphatic rings. The molecule has 2 rings (SSSR count). The van der Waals surface area contributed by atoms with E-state index in [1.165, 1.54) is 29.7 Å². The Balaban J connectivity index is 1.89. The molecule has 0 fully saturated rings. The van der Waals surface area contributed by atoms with Crippen molar-refractivity contribution in [1.29, 1.82) is 0 Å². The zero-order valence-electron chi connectivity index (χ0n) is 12.4. The number of hydrogen-bond acceptors (Lipinski definition) is 3. The van der Waals surface area contributed by atoms with Gasteiger partial charge in [-0.15, -0.1) is 11.3 Å². The second-order valence-corrected chi connectivity index (χ2v) is 7.25. The quantitative estimate of drug-likeness (QED) is 0.820. The van der Waals surface area contributed by atoms with Crippen molar-refractivity contribution in [2.45, 2.75) is 58.5 Å². The zero-order chi connectivity index (χ0) is 14.5. The van der Waals surface area contributed by atoms with Gasteiger partial charge in [-0.3, -0.25) is 4.79 Å². The first-order valence-corrected chi connectivity index (χ1v) is 8.45. The van der Waals surface area contributed by atoms with Crippen LogP contribution in [-0.4, -0.2) is 23.7 Å². The fraction of sp³-hybridized carbons (Fsp3) is 0.688. The highest BCUT2D eigenvalue weighted by molar-refractivity contribution is 7.14. The minimum atomic E-state index is -0.447. The van der Waals surface area contributed by atoms with Gasteiger partial charge in [0, 0.05) is 11.4 Å². The van der Waals surface area contributed by atoms with E-state index in [4.69, 9.17) is 0 Å². The van der Waals surface area contributed by atoms with Crippen molar-refractivity contribution >= 4 is 17.2 Å². The van der Waals surface area contributed by atoms with Gasteiger partial charge in [0.1, 0.15) is 0 Å². The molecule has 0 saturated heterocycles. The number of rotatable bonds is 5. The number of aliphatic hydroxyl groups is 1. The summed E-state index contributed by atoms with van der Waals surface area (Å²) in [6.07, 6.45) is 6.26. The Labute approximate surface area is 125 Å². The third-order valence-corrected chi connectivity index (χ3v) is 4.95. The minimum absolute atomic E-state index is 0.0362. The van der Waals surface area contributed by atoms with Crippen molar-refractivity contribution in [2.75, 3.05) is 6.54 Å². The predicted octanol–water partition coefficient (Wildman–Crippen LogP) is 3.15. The third kappa shape index (κ3) is 4.32. The summed E-state index contributed by atoms with van der Waals surface area (Å²) in [6, 6.07) is 2.05. The summed E-state index contributed by atoms with van der Waals surface area (Å²) in [5.74, 6) is 0.408. The standard InChI is InChI=1S/C16H25NO2S/c1-11(2)8-13(18)10-17-16(19)15-9-12-6-4-3-5-7-14(12)20-15/h9,11,13,18H,3-8,10H2,1-2H3,(H,17,19). The highest BCUT2D eigenvalue weighted by Crippen LogP contribution is 2.28. The van der Waals surface area contributed by atoms with Gasteiger partial charge in [-0.25, -0.2) is 0 Å². The molecule has 2 N–H and O–H groups in total. The molecule has 1 aliphatic carbocycles. The fourth-order valence-corrected chi connectivity index (χ4v) is 3.87. The third-order valence-electron chi connectivity index (χ3n) is 3.71. The first kappa shape index (κ1) is 15.5. The molecule has 0 radical (unpaired) electrons. The molecule has 1 unspecified atom stereocenters. The lowest BCUT2D eigenvalue weighted by atomic mass is 10.1. The van der Waals surface area contributed by atoms with Crippen LogP contribution in [0.1, 0.15) is 59.6 Å². The van der Waals surface area contributed by atoms with Crippen molar-refractivity contribution < 1.29 is 9.90 Å². The van der Waals surface area contributed by atoms with Crippen LogP contribution in [0, 0.1) is 5.92 Å². The summed E-state index contributed by atoms with van der Waals surface area (Å²) in [7, 11) is 0. The average Bonchev–Trinajstić information content (AvgIpc) is 2.67. The van der Waals surface area contributed by atoms with Gasteiger partial charge in [-0.2, -0.15) is 0 Å². The van der Waals surface area contributed by atoms with E-state index in [0.29, 0.717) is 12.5 Å². The number of fused-ring (bicyclic) bond motifs is 1. The lowest BCUT2D eigenvalue weighted by Gasteiger charge is -2.13. The van der Waals surface area contributed by atoms with Crippen LogP contribution in [0.25, 0.3) is 0 Å². The van der Waals surface area contributed by atoms with E-state index < -0.39 is 6.10 Å². The van der Waals surface area contributed by atoms with Crippen LogP contribution in [0.5, 0.6) is 0 Å². The van der Waals surface area contributed by atoms with E-state index in [1.54, 1.807) is 11.3 Å². The number of aliphatic hydroxyl groups excluding tert-OH is 1. The van der Waals surface area contributed by atoms with Crippen LogP contribution >= 0.6 is 11.3 Å². The van der Waals surface area contributed by atoms with E-state index in [2.05, 4.69) is 25.2 Å². The molecule has 0 bridgehead atoms. The molecule has 112 valence electrons. The second-order valence-electron chi connectivity index (χ2n) is 6.11. The van der Waals surface area contributed by atoms with Gasteiger partial charge in [0.2, 0.25) is 0 Å². The number of carbonyl (C=O) groups excluding carboxylic acids is 1.